The molecule has 1 aromatic rings. The number of carboxylic acids is 1. The van der Waals surface area contributed by atoms with E-state index in [1.807, 2.05) is 19.1 Å². The van der Waals surface area contributed by atoms with Gasteiger partial charge in [0.05, 0.1) is 17.5 Å². The Hall–Kier alpha value is -2.64. The van der Waals surface area contributed by atoms with Gasteiger partial charge in [-0.3, -0.25) is 19.1 Å². The molecule has 0 spiro atoms. The zero-order chi connectivity index (χ0) is 20.5. The van der Waals surface area contributed by atoms with Crippen LogP contribution < -0.4 is 10.6 Å². The molecule has 8 heteroatoms. The van der Waals surface area contributed by atoms with Gasteiger partial charge < -0.3 is 15.7 Å². The van der Waals surface area contributed by atoms with Gasteiger partial charge >= 0.3 is 5.97 Å². The molecule has 4 rings (SSSR count). The molecular formula is C21H28N4O4. The number of hydrogen-bond acceptors (Lipinski definition) is 4. The Morgan fingerprint density at radius 3 is 2.48 bits per heavy atom. The fraction of sp³-hybridized carbons (Fsp3) is 0.619. The molecule has 0 saturated heterocycles. The van der Waals surface area contributed by atoms with Crippen molar-refractivity contribution < 1.29 is 19.5 Å². The summed E-state index contributed by atoms with van der Waals surface area (Å²) in [5, 5.41) is 19.8. The van der Waals surface area contributed by atoms with E-state index in [4.69, 9.17) is 0 Å². The molecule has 3 aliphatic rings. The molecule has 1 heterocycles. The van der Waals surface area contributed by atoms with Gasteiger partial charge in [-0.1, -0.05) is 31.4 Å². The van der Waals surface area contributed by atoms with E-state index in [9.17, 15) is 19.5 Å². The summed E-state index contributed by atoms with van der Waals surface area (Å²) >= 11 is 0. The van der Waals surface area contributed by atoms with Crippen molar-refractivity contribution >= 4 is 23.5 Å². The summed E-state index contributed by atoms with van der Waals surface area (Å²) in [5.74, 6) is -3.09. The Morgan fingerprint density at radius 2 is 1.83 bits per heavy atom. The van der Waals surface area contributed by atoms with Crippen LogP contribution in [0.5, 0.6) is 0 Å². The number of carbonyl (C=O) groups excluding carboxylic acids is 2. The Labute approximate surface area is 169 Å². The predicted molar refractivity (Wildman–Crippen MR) is 106 cm³/mol. The van der Waals surface area contributed by atoms with Crippen molar-refractivity contribution in [1.29, 1.82) is 0 Å². The maximum atomic E-state index is 13.0. The lowest BCUT2D eigenvalue weighted by atomic mass is 9.82. The third kappa shape index (κ3) is 3.80. The molecule has 0 aromatic carbocycles. The highest BCUT2D eigenvalue weighted by atomic mass is 16.4. The summed E-state index contributed by atoms with van der Waals surface area (Å²) in [7, 11) is 0. The molecule has 0 unspecified atom stereocenters. The van der Waals surface area contributed by atoms with E-state index in [0.717, 1.165) is 25.7 Å². The largest absolute Gasteiger partial charge is 0.481 e. The summed E-state index contributed by atoms with van der Waals surface area (Å²) < 4.78 is 1.61. The van der Waals surface area contributed by atoms with E-state index >= 15 is 0 Å². The first kappa shape index (κ1) is 19.7. The van der Waals surface area contributed by atoms with Crippen molar-refractivity contribution in [1.82, 2.24) is 15.1 Å². The topological polar surface area (TPSA) is 113 Å². The Balaban J connectivity index is 1.51. The molecule has 3 N–H and O–H groups in total. The molecule has 2 bridgehead atoms. The summed E-state index contributed by atoms with van der Waals surface area (Å²) in [6.07, 6.45) is 11.5. The fourth-order valence-electron chi connectivity index (χ4n) is 5.08. The third-order valence-electron chi connectivity index (χ3n) is 6.55. The Bertz CT molecular complexity index is 840. The van der Waals surface area contributed by atoms with Crippen LogP contribution in [-0.2, 0) is 16.1 Å². The zero-order valence-electron chi connectivity index (χ0n) is 16.6. The van der Waals surface area contributed by atoms with E-state index in [2.05, 4.69) is 15.7 Å². The standard InChI is InChI=1S/C21H28N4O4/c1-2-25-11-15(18(24-25)20(27)22-14-6-4-3-5-7-14)23-19(26)16-12-8-9-13(10-12)17(16)21(28)29/h8-9,11-14,16-17H,2-7,10H2,1H3,(H,22,27)(H,23,26)(H,28,29)/t12-,13-,16+,17+/m0/s1. The second-order valence-corrected chi connectivity index (χ2v) is 8.38. The molecule has 2 saturated carbocycles. The predicted octanol–water partition coefficient (Wildman–Crippen LogP) is 2.43. The first-order valence-corrected chi connectivity index (χ1v) is 10.6. The van der Waals surface area contributed by atoms with Crippen LogP contribution in [0.25, 0.3) is 0 Å². The Morgan fingerprint density at radius 1 is 1.14 bits per heavy atom. The van der Waals surface area contributed by atoms with Crippen LogP contribution in [0, 0.1) is 23.7 Å². The number of carboxylic acid groups (broad SMARTS) is 1. The molecular weight excluding hydrogens is 372 g/mol. The van der Waals surface area contributed by atoms with Gasteiger partial charge in [0.25, 0.3) is 5.91 Å². The number of nitrogens with one attached hydrogen (secondary N) is 2. The van der Waals surface area contributed by atoms with Gasteiger partial charge in [-0.15, -0.1) is 0 Å². The maximum Gasteiger partial charge on any atom is 0.307 e. The summed E-state index contributed by atoms with van der Waals surface area (Å²) in [5.41, 5.74) is 0.539. The highest BCUT2D eigenvalue weighted by molar-refractivity contribution is 6.03. The summed E-state index contributed by atoms with van der Waals surface area (Å²) in [6, 6.07) is 0.138. The molecule has 29 heavy (non-hydrogen) atoms. The van der Waals surface area contributed by atoms with Crippen molar-refractivity contribution in [2.75, 3.05) is 5.32 Å². The van der Waals surface area contributed by atoms with E-state index < -0.39 is 17.8 Å². The lowest BCUT2D eigenvalue weighted by Gasteiger charge is -2.24. The lowest BCUT2D eigenvalue weighted by Crippen LogP contribution is -2.38. The van der Waals surface area contributed by atoms with E-state index in [0.29, 0.717) is 18.7 Å². The molecule has 4 atom stereocenters. The zero-order valence-corrected chi connectivity index (χ0v) is 16.6. The number of fused-ring (bicyclic) bond motifs is 2. The van der Waals surface area contributed by atoms with Gasteiger partial charge in [0.15, 0.2) is 5.69 Å². The molecule has 156 valence electrons. The van der Waals surface area contributed by atoms with Crippen molar-refractivity contribution in [2.24, 2.45) is 23.7 Å². The number of allylic oxidation sites excluding steroid dienone is 2. The quantitative estimate of drug-likeness (QED) is 0.635. The second-order valence-electron chi connectivity index (χ2n) is 8.38. The number of nitrogens with zero attached hydrogens (tertiary/aromatic N) is 2. The number of amides is 2. The normalized spacial score (nSPS) is 28.4. The van der Waals surface area contributed by atoms with Crippen LogP contribution in [0.4, 0.5) is 5.69 Å². The van der Waals surface area contributed by atoms with Crippen LogP contribution in [-0.4, -0.2) is 38.7 Å². The van der Waals surface area contributed by atoms with Gasteiger partial charge in [-0.05, 0) is 38.0 Å². The highest BCUT2D eigenvalue weighted by Crippen LogP contribution is 2.48. The minimum atomic E-state index is -0.943. The number of carbonyl (C=O) groups is 3. The van der Waals surface area contributed by atoms with Crippen molar-refractivity contribution in [3.8, 4) is 0 Å². The van der Waals surface area contributed by atoms with E-state index in [1.165, 1.54) is 6.42 Å². The SMILES string of the molecule is CCn1cc(NC(=O)[C@H]2[C@H](C(=O)O)[C@H]3C=C[C@H]2C3)c(C(=O)NC2CCCCC2)n1. The van der Waals surface area contributed by atoms with Gasteiger partial charge in [0.2, 0.25) is 5.91 Å². The fourth-order valence-corrected chi connectivity index (χ4v) is 5.08. The first-order valence-electron chi connectivity index (χ1n) is 10.6. The molecule has 1 aromatic heterocycles. The van der Waals surface area contributed by atoms with Gasteiger partial charge in [-0.2, -0.15) is 5.10 Å². The number of aryl methyl sites for hydroxylation is 1. The number of rotatable bonds is 6. The monoisotopic (exact) mass is 400 g/mol. The van der Waals surface area contributed by atoms with Crippen LogP contribution in [0.15, 0.2) is 18.3 Å². The van der Waals surface area contributed by atoms with Gasteiger partial charge in [0, 0.05) is 18.8 Å². The van der Waals surface area contributed by atoms with Crippen LogP contribution in [0.1, 0.15) is 55.9 Å². The highest BCUT2D eigenvalue weighted by Gasteiger charge is 2.51. The second kappa shape index (κ2) is 8.00. The smallest absolute Gasteiger partial charge is 0.307 e. The molecule has 2 amide bonds. The number of aliphatic carboxylic acids is 1. The molecule has 0 aliphatic heterocycles. The number of aromatic nitrogens is 2. The average molecular weight is 400 g/mol. The number of hydrogen-bond donors (Lipinski definition) is 3. The molecule has 0 radical (unpaired) electrons. The third-order valence-corrected chi connectivity index (χ3v) is 6.55. The van der Waals surface area contributed by atoms with Crippen molar-refractivity contribution in [2.45, 2.75) is 58.0 Å². The van der Waals surface area contributed by atoms with Gasteiger partial charge in [-0.25, -0.2) is 0 Å². The van der Waals surface area contributed by atoms with E-state index in [1.54, 1.807) is 10.9 Å². The first-order chi connectivity index (χ1) is 14.0. The van der Waals surface area contributed by atoms with E-state index in [-0.39, 0.29) is 35.4 Å². The van der Waals surface area contributed by atoms with Crippen LogP contribution in [0.3, 0.4) is 0 Å². The Kier molecular flexibility index (Phi) is 5.43. The minimum Gasteiger partial charge on any atom is -0.481 e. The summed E-state index contributed by atoms with van der Waals surface area (Å²) in [6.45, 7) is 2.47. The molecule has 2 fully saturated rings. The van der Waals surface area contributed by atoms with Crippen LogP contribution >= 0.6 is 0 Å². The lowest BCUT2D eigenvalue weighted by molar-refractivity contribution is -0.146. The van der Waals surface area contributed by atoms with Crippen molar-refractivity contribution in [3.05, 3.63) is 24.0 Å². The van der Waals surface area contributed by atoms with Crippen molar-refractivity contribution in [3.63, 3.8) is 0 Å². The minimum absolute atomic E-state index is 0.0677. The molecule has 3 aliphatic carbocycles. The summed E-state index contributed by atoms with van der Waals surface area (Å²) in [4.78, 5) is 37.5. The average Bonchev–Trinajstić information content (AvgIpc) is 3.42. The van der Waals surface area contributed by atoms with Gasteiger partial charge in [0.1, 0.15) is 0 Å². The molecule has 8 nitrogen and oxygen atoms in total. The van der Waals surface area contributed by atoms with Crippen LogP contribution in [0.2, 0.25) is 0 Å². The number of anilines is 1. The maximum absolute atomic E-state index is 13.0.